The van der Waals surface area contributed by atoms with E-state index in [1.807, 2.05) is 0 Å². The Kier molecular flexibility index (Phi) is 7.04. The highest BCUT2D eigenvalue weighted by molar-refractivity contribution is 4.78. The van der Waals surface area contributed by atoms with Crippen LogP contribution in [0.4, 0.5) is 0 Å². The molecule has 0 radical (unpaired) electrons. The van der Waals surface area contributed by atoms with E-state index in [1.54, 1.807) is 0 Å². The summed E-state index contributed by atoms with van der Waals surface area (Å²) >= 11 is 0. The molecule has 1 atom stereocenters. The SMILES string of the molecule is CC(C)NCC1COCCN1CCCN(C)C. The van der Waals surface area contributed by atoms with Gasteiger partial charge < -0.3 is 15.0 Å². The molecule has 0 saturated carbocycles. The van der Waals surface area contributed by atoms with Crippen molar-refractivity contribution in [1.29, 1.82) is 0 Å². The second-order valence-corrected chi connectivity index (χ2v) is 5.48. The van der Waals surface area contributed by atoms with E-state index in [0.717, 1.165) is 26.3 Å². The molecule has 0 amide bonds. The Balaban J connectivity index is 2.26. The molecule has 1 unspecified atom stereocenters. The summed E-state index contributed by atoms with van der Waals surface area (Å²) in [5, 5.41) is 3.51. The minimum absolute atomic E-state index is 0.549. The van der Waals surface area contributed by atoms with Crippen LogP contribution in [-0.4, -0.2) is 75.4 Å². The molecule has 0 bridgehead atoms. The average molecular weight is 243 g/mol. The van der Waals surface area contributed by atoms with Gasteiger partial charge in [0.2, 0.25) is 0 Å². The first-order valence-electron chi connectivity index (χ1n) is 6.79. The Labute approximate surface area is 106 Å². The van der Waals surface area contributed by atoms with E-state index in [0.29, 0.717) is 12.1 Å². The predicted molar refractivity (Wildman–Crippen MR) is 72.5 cm³/mol. The lowest BCUT2D eigenvalue weighted by atomic mass is 10.2. The minimum Gasteiger partial charge on any atom is -0.378 e. The second-order valence-electron chi connectivity index (χ2n) is 5.48. The third-order valence-corrected chi connectivity index (χ3v) is 3.16. The van der Waals surface area contributed by atoms with Crippen LogP contribution in [0.25, 0.3) is 0 Å². The first-order chi connectivity index (χ1) is 8.09. The molecule has 1 aliphatic rings. The van der Waals surface area contributed by atoms with Crippen LogP contribution in [0, 0.1) is 0 Å². The Morgan fingerprint density at radius 2 is 2.18 bits per heavy atom. The van der Waals surface area contributed by atoms with Gasteiger partial charge in [-0.3, -0.25) is 4.90 Å². The summed E-state index contributed by atoms with van der Waals surface area (Å²) in [7, 11) is 4.27. The number of nitrogens with zero attached hydrogens (tertiary/aromatic N) is 2. The monoisotopic (exact) mass is 243 g/mol. The Hall–Kier alpha value is -0.160. The van der Waals surface area contributed by atoms with Gasteiger partial charge in [0.05, 0.1) is 13.2 Å². The summed E-state index contributed by atoms with van der Waals surface area (Å²) in [5.41, 5.74) is 0. The van der Waals surface area contributed by atoms with Gasteiger partial charge in [0.25, 0.3) is 0 Å². The molecule has 1 rings (SSSR count). The normalized spacial score (nSPS) is 22.6. The van der Waals surface area contributed by atoms with Crippen molar-refractivity contribution in [2.24, 2.45) is 0 Å². The predicted octanol–water partition coefficient (Wildman–Crippen LogP) is 0.637. The van der Waals surface area contributed by atoms with Crippen LogP contribution in [0.3, 0.4) is 0 Å². The van der Waals surface area contributed by atoms with Crippen molar-refractivity contribution in [1.82, 2.24) is 15.1 Å². The third kappa shape index (κ3) is 6.36. The molecular weight excluding hydrogens is 214 g/mol. The fraction of sp³-hybridized carbons (Fsp3) is 1.00. The van der Waals surface area contributed by atoms with E-state index in [9.17, 15) is 0 Å². The Morgan fingerprint density at radius 3 is 2.82 bits per heavy atom. The van der Waals surface area contributed by atoms with Gasteiger partial charge in [0, 0.05) is 25.2 Å². The van der Waals surface area contributed by atoms with Crippen molar-refractivity contribution in [2.75, 3.05) is 53.5 Å². The highest BCUT2D eigenvalue weighted by Gasteiger charge is 2.22. The van der Waals surface area contributed by atoms with Gasteiger partial charge in [-0.2, -0.15) is 0 Å². The summed E-state index contributed by atoms with van der Waals surface area (Å²) in [6, 6.07) is 1.11. The molecule has 1 aliphatic heterocycles. The summed E-state index contributed by atoms with van der Waals surface area (Å²) in [6.07, 6.45) is 1.24. The number of hydrogen-bond donors (Lipinski definition) is 1. The first kappa shape index (κ1) is 14.9. The highest BCUT2D eigenvalue weighted by Crippen LogP contribution is 2.07. The van der Waals surface area contributed by atoms with Crippen LogP contribution in [0.2, 0.25) is 0 Å². The van der Waals surface area contributed by atoms with E-state index < -0.39 is 0 Å². The summed E-state index contributed by atoms with van der Waals surface area (Å²) in [5.74, 6) is 0. The van der Waals surface area contributed by atoms with E-state index in [2.05, 4.69) is 43.1 Å². The van der Waals surface area contributed by atoms with Gasteiger partial charge in [-0.1, -0.05) is 13.8 Å². The first-order valence-corrected chi connectivity index (χ1v) is 6.79. The molecule has 0 aromatic heterocycles. The van der Waals surface area contributed by atoms with E-state index in [4.69, 9.17) is 4.74 Å². The standard InChI is InChI=1S/C13H29N3O/c1-12(2)14-10-13-11-17-9-8-16(13)7-5-6-15(3)4/h12-14H,5-11H2,1-4H3. The summed E-state index contributed by atoms with van der Waals surface area (Å²) < 4.78 is 5.58. The zero-order chi connectivity index (χ0) is 12.7. The van der Waals surface area contributed by atoms with Crippen LogP contribution >= 0.6 is 0 Å². The van der Waals surface area contributed by atoms with Crippen molar-refractivity contribution in [3.8, 4) is 0 Å². The highest BCUT2D eigenvalue weighted by atomic mass is 16.5. The molecule has 17 heavy (non-hydrogen) atoms. The molecule has 1 heterocycles. The van der Waals surface area contributed by atoms with Crippen molar-refractivity contribution < 1.29 is 4.74 Å². The summed E-state index contributed by atoms with van der Waals surface area (Å²) in [4.78, 5) is 4.82. The smallest absolute Gasteiger partial charge is 0.0634 e. The fourth-order valence-electron chi connectivity index (χ4n) is 2.13. The van der Waals surface area contributed by atoms with Crippen LogP contribution in [0.1, 0.15) is 20.3 Å². The maximum absolute atomic E-state index is 5.58. The maximum Gasteiger partial charge on any atom is 0.0634 e. The van der Waals surface area contributed by atoms with Gasteiger partial charge in [-0.15, -0.1) is 0 Å². The van der Waals surface area contributed by atoms with Crippen LogP contribution in [0.5, 0.6) is 0 Å². The Morgan fingerprint density at radius 1 is 1.41 bits per heavy atom. The molecule has 1 saturated heterocycles. The van der Waals surface area contributed by atoms with Gasteiger partial charge >= 0.3 is 0 Å². The second kappa shape index (κ2) is 8.03. The van der Waals surface area contributed by atoms with Crippen molar-refractivity contribution >= 4 is 0 Å². The van der Waals surface area contributed by atoms with Crippen LogP contribution < -0.4 is 5.32 Å². The molecule has 102 valence electrons. The lowest BCUT2D eigenvalue weighted by molar-refractivity contribution is -0.00831. The lowest BCUT2D eigenvalue weighted by Gasteiger charge is -2.36. The Bertz CT molecular complexity index is 197. The minimum atomic E-state index is 0.549. The van der Waals surface area contributed by atoms with Crippen molar-refractivity contribution in [3.05, 3.63) is 0 Å². The van der Waals surface area contributed by atoms with E-state index in [-0.39, 0.29) is 0 Å². The van der Waals surface area contributed by atoms with Gasteiger partial charge in [0.15, 0.2) is 0 Å². The number of nitrogens with one attached hydrogen (secondary N) is 1. The maximum atomic E-state index is 5.58. The number of ether oxygens (including phenoxy) is 1. The molecule has 4 nitrogen and oxygen atoms in total. The van der Waals surface area contributed by atoms with Crippen LogP contribution in [0.15, 0.2) is 0 Å². The molecular formula is C13H29N3O. The largest absolute Gasteiger partial charge is 0.378 e. The molecule has 1 N–H and O–H groups in total. The van der Waals surface area contributed by atoms with Gasteiger partial charge in [-0.25, -0.2) is 0 Å². The van der Waals surface area contributed by atoms with Crippen LogP contribution in [-0.2, 0) is 4.74 Å². The summed E-state index contributed by atoms with van der Waals surface area (Å²) in [6.45, 7) is 10.6. The van der Waals surface area contributed by atoms with Crippen molar-refractivity contribution in [2.45, 2.75) is 32.4 Å². The quantitative estimate of drug-likeness (QED) is 0.710. The number of morpholine rings is 1. The molecule has 0 aromatic carbocycles. The number of rotatable bonds is 7. The number of hydrogen-bond acceptors (Lipinski definition) is 4. The van der Waals surface area contributed by atoms with E-state index in [1.165, 1.54) is 19.5 Å². The zero-order valence-corrected chi connectivity index (χ0v) is 11.9. The molecule has 0 aliphatic carbocycles. The van der Waals surface area contributed by atoms with Gasteiger partial charge in [0.1, 0.15) is 0 Å². The van der Waals surface area contributed by atoms with E-state index >= 15 is 0 Å². The molecule has 1 fully saturated rings. The van der Waals surface area contributed by atoms with Gasteiger partial charge in [-0.05, 0) is 33.6 Å². The molecule has 0 spiro atoms. The molecule has 0 aromatic rings. The lowest BCUT2D eigenvalue weighted by Crippen LogP contribution is -2.51. The van der Waals surface area contributed by atoms with Crippen molar-refractivity contribution in [3.63, 3.8) is 0 Å². The molecule has 4 heteroatoms. The topological polar surface area (TPSA) is 27.7 Å². The fourth-order valence-corrected chi connectivity index (χ4v) is 2.13. The zero-order valence-electron chi connectivity index (χ0n) is 11.9. The average Bonchev–Trinajstić information content (AvgIpc) is 2.27. The third-order valence-electron chi connectivity index (χ3n) is 3.16.